The minimum Gasteiger partial charge on any atom is -0.426 e. The molecule has 0 N–H and O–H groups in total. The second-order valence-electron chi connectivity index (χ2n) is 10.3. The molecule has 42 heavy (non-hydrogen) atoms. The summed E-state index contributed by atoms with van der Waals surface area (Å²) in [6, 6.07) is 12.7. The van der Waals surface area contributed by atoms with E-state index in [0.29, 0.717) is 26.4 Å². The zero-order valence-corrected chi connectivity index (χ0v) is 24.4. The van der Waals surface area contributed by atoms with Gasteiger partial charge in [-0.25, -0.2) is 4.68 Å². The van der Waals surface area contributed by atoms with Crippen molar-refractivity contribution in [3.05, 3.63) is 65.9 Å². The molecule has 2 aliphatic rings. The van der Waals surface area contributed by atoms with Crippen LogP contribution in [0.4, 0.5) is 22.0 Å². The van der Waals surface area contributed by atoms with Gasteiger partial charge in [0.05, 0.1) is 29.7 Å². The molecule has 2 aromatic carbocycles. The lowest BCUT2D eigenvalue weighted by Gasteiger charge is -2.44. The third-order valence-electron chi connectivity index (χ3n) is 7.66. The Morgan fingerprint density at radius 2 is 1.62 bits per heavy atom. The number of halogens is 5. The summed E-state index contributed by atoms with van der Waals surface area (Å²) >= 11 is 0. The van der Waals surface area contributed by atoms with Gasteiger partial charge in [0.15, 0.2) is 6.29 Å². The van der Waals surface area contributed by atoms with Gasteiger partial charge in [-0.3, -0.25) is 0 Å². The predicted molar refractivity (Wildman–Crippen MR) is 147 cm³/mol. The normalized spacial score (nSPS) is 26.6. The van der Waals surface area contributed by atoms with Crippen LogP contribution in [0.15, 0.2) is 54.7 Å². The molecule has 5 rings (SSSR count). The number of ether oxygens (including phenoxy) is 5. The lowest BCUT2D eigenvalue weighted by Crippen LogP contribution is -2.57. The average Bonchev–Trinajstić information content (AvgIpc) is 3.59. The second-order valence-corrected chi connectivity index (χ2v) is 11.6. The molecule has 7 atom stereocenters. The molecule has 0 bridgehead atoms. The summed E-state index contributed by atoms with van der Waals surface area (Å²) in [4.78, 5) is 0. The largest absolute Gasteiger partial charge is 0.499 e. The Hall–Kier alpha value is -2.63. The van der Waals surface area contributed by atoms with E-state index in [1.54, 1.807) is 26.5 Å². The van der Waals surface area contributed by atoms with Gasteiger partial charge in [0.1, 0.15) is 11.9 Å². The number of benzene rings is 2. The highest BCUT2D eigenvalue weighted by Crippen LogP contribution is 2.39. The van der Waals surface area contributed by atoms with E-state index in [9.17, 15) is 22.0 Å². The Kier molecular flexibility index (Phi) is 8.93. The number of rotatable bonds is 9. The molecule has 1 fully saturated rings. The standard InChI is InChI=1S/C29H32F5N2O5P/c1-16-24(37-2)26(42-4)25(38-3)27(39-16)40-22-14-17-5-6-18(13-19(17)15-22)23-11-12-36(35-23)20-7-9-21(10-8-20)41-29(33,34)28(30,31)32/h5-13,16,22,24-27,42H,14-15H2,1-4H3/t16-,22?,24-,25+,26?,27-/m0/s1. The van der Waals surface area contributed by atoms with E-state index in [2.05, 4.69) is 28.6 Å². The van der Waals surface area contributed by atoms with Gasteiger partial charge in [0, 0.05) is 31.6 Å². The van der Waals surface area contributed by atoms with E-state index in [-0.39, 0.29) is 30.1 Å². The molecule has 0 amide bonds. The van der Waals surface area contributed by atoms with Crippen LogP contribution in [0.1, 0.15) is 18.1 Å². The Balaban J connectivity index is 1.25. The van der Waals surface area contributed by atoms with Crippen LogP contribution >= 0.6 is 8.58 Å². The molecular weight excluding hydrogens is 582 g/mol. The Labute approximate surface area is 242 Å². The van der Waals surface area contributed by atoms with Crippen LogP contribution in [-0.4, -0.2) is 79.3 Å². The summed E-state index contributed by atoms with van der Waals surface area (Å²) in [5.41, 5.74) is 4.51. The highest BCUT2D eigenvalue weighted by Gasteiger charge is 2.61. The lowest BCUT2D eigenvalue weighted by atomic mass is 10.0. The summed E-state index contributed by atoms with van der Waals surface area (Å²) in [5, 5.41) is 4.56. The molecule has 2 heterocycles. The number of hydrogen-bond donors (Lipinski definition) is 0. The van der Waals surface area contributed by atoms with Gasteiger partial charge in [0.25, 0.3) is 0 Å². The molecule has 3 aromatic rings. The quantitative estimate of drug-likeness (QED) is 0.218. The van der Waals surface area contributed by atoms with Crippen molar-refractivity contribution in [2.75, 3.05) is 20.9 Å². The minimum absolute atomic E-state index is 0.0633. The molecule has 1 aliphatic heterocycles. The minimum atomic E-state index is -5.81. The van der Waals surface area contributed by atoms with Gasteiger partial charge in [-0.2, -0.15) is 27.1 Å². The fourth-order valence-electron chi connectivity index (χ4n) is 5.57. The van der Waals surface area contributed by atoms with E-state index < -0.39 is 24.3 Å². The monoisotopic (exact) mass is 614 g/mol. The van der Waals surface area contributed by atoms with Crippen molar-refractivity contribution < 1.29 is 45.6 Å². The molecule has 1 aromatic heterocycles. The van der Waals surface area contributed by atoms with Crippen molar-refractivity contribution in [1.82, 2.24) is 9.78 Å². The first kappa shape index (κ1) is 30.8. The van der Waals surface area contributed by atoms with Crippen LogP contribution in [0.25, 0.3) is 16.9 Å². The van der Waals surface area contributed by atoms with E-state index >= 15 is 0 Å². The number of alkyl halides is 5. The van der Waals surface area contributed by atoms with Crippen LogP contribution in [0, 0.1) is 0 Å². The Morgan fingerprint density at radius 1 is 0.929 bits per heavy atom. The van der Waals surface area contributed by atoms with Crippen molar-refractivity contribution in [2.45, 2.75) is 68.4 Å². The molecular formula is C29H32F5N2O5P. The van der Waals surface area contributed by atoms with Crippen LogP contribution < -0.4 is 4.74 Å². The van der Waals surface area contributed by atoms with Crippen molar-refractivity contribution in [3.63, 3.8) is 0 Å². The number of methoxy groups -OCH3 is 2. The number of hydrogen-bond acceptors (Lipinski definition) is 6. The molecule has 0 saturated carbocycles. The fourth-order valence-corrected chi connectivity index (χ4v) is 6.92. The van der Waals surface area contributed by atoms with Crippen molar-refractivity contribution >= 4 is 8.58 Å². The summed E-state index contributed by atoms with van der Waals surface area (Å²) < 4.78 is 93.2. The predicted octanol–water partition coefficient (Wildman–Crippen LogP) is 6.01. The maximum absolute atomic E-state index is 13.2. The van der Waals surface area contributed by atoms with Gasteiger partial charge < -0.3 is 23.7 Å². The first-order valence-electron chi connectivity index (χ1n) is 13.4. The first-order chi connectivity index (χ1) is 19.9. The maximum Gasteiger partial charge on any atom is 0.499 e. The molecule has 3 unspecified atom stereocenters. The Morgan fingerprint density at radius 3 is 2.26 bits per heavy atom. The summed E-state index contributed by atoms with van der Waals surface area (Å²) in [5.74, 6) is -0.613. The van der Waals surface area contributed by atoms with Crippen LogP contribution in [-0.2, 0) is 31.8 Å². The van der Waals surface area contributed by atoms with E-state index in [1.165, 1.54) is 22.4 Å². The Bertz CT molecular complexity index is 1370. The molecule has 228 valence electrons. The smallest absolute Gasteiger partial charge is 0.426 e. The van der Waals surface area contributed by atoms with Gasteiger partial charge in [-0.15, -0.1) is 8.58 Å². The molecule has 1 saturated heterocycles. The van der Waals surface area contributed by atoms with Crippen LogP contribution in [0.5, 0.6) is 5.75 Å². The average molecular weight is 615 g/mol. The van der Waals surface area contributed by atoms with Gasteiger partial charge >= 0.3 is 12.3 Å². The second kappa shape index (κ2) is 12.2. The molecule has 13 heteroatoms. The fraction of sp³-hybridized carbons (Fsp3) is 0.483. The van der Waals surface area contributed by atoms with Gasteiger partial charge in [0.2, 0.25) is 0 Å². The van der Waals surface area contributed by atoms with Crippen molar-refractivity contribution in [1.29, 1.82) is 0 Å². The number of nitrogens with zero attached hydrogens (tertiary/aromatic N) is 2. The zero-order valence-electron chi connectivity index (χ0n) is 23.4. The van der Waals surface area contributed by atoms with Crippen molar-refractivity contribution in [2.24, 2.45) is 0 Å². The third kappa shape index (κ3) is 6.19. The summed E-state index contributed by atoms with van der Waals surface area (Å²) in [6.45, 7) is 4.13. The van der Waals surface area contributed by atoms with Crippen LogP contribution in [0.2, 0.25) is 0 Å². The molecule has 1 aliphatic carbocycles. The summed E-state index contributed by atoms with van der Waals surface area (Å²) in [6.07, 6.45) is -8.99. The summed E-state index contributed by atoms with van der Waals surface area (Å²) in [7, 11) is 3.97. The van der Waals surface area contributed by atoms with Gasteiger partial charge in [-0.05, 0) is 74.0 Å². The zero-order chi connectivity index (χ0) is 30.2. The topological polar surface area (TPSA) is 64.0 Å². The molecule has 7 nitrogen and oxygen atoms in total. The maximum atomic E-state index is 13.2. The van der Waals surface area contributed by atoms with Gasteiger partial charge in [-0.1, -0.05) is 12.1 Å². The third-order valence-corrected chi connectivity index (χ3v) is 8.98. The highest BCUT2D eigenvalue weighted by atomic mass is 31.1. The molecule has 0 spiro atoms. The SMILES string of the molecule is CO[C@@H]1C(PC)[C@@H](OC)[C@H](C)O[C@H]1OC1Cc2ccc(-c3ccn(-c4ccc(OC(F)(F)C(F)(F)F)cc4)n3)cc2C1. The highest BCUT2D eigenvalue weighted by molar-refractivity contribution is 7.38. The molecule has 0 radical (unpaired) electrons. The number of fused-ring (bicyclic) bond motifs is 1. The van der Waals surface area contributed by atoms with E-state index in [1.807, 2.05) is 13.0 Å². The van der Waals surface area contributed by atoms with E-state index in [4.69, 9.17) is 18.9 Å². The van der Waals surface area contributed by atoms with Crippen molar-refractivity contribution in [3.8, 4) is 22.7 Å². The van der Waals surface area contributed by atoms with E-state index in [0.717, 1.165) is 29.7 Å². The van der Waals surface area contributed by atoms with Crippen LogP contribution in [0.3, 0.4) is 0 Å². The lowest BCUT2D eigenvalue weighted by molar-refractivity contribution is -0.360. The first-order valence-corrected chi connectivity index (χ1v) is 15.0. The number of aromatic nitrogens is 2.